The van der Waals surface area contributed by atoms with E-state index in [4.69, 9.17) is 0 Å². The van der Waals surface area contributed by atoms with Gasteiger partial charge in [0, 0.05) is 18.3 Å². The van der Waals surface area contributed by atoms with E-state index >= 15 is 0 Å². The van der Waals surface area contributed by atoms with Crippen LogP contribution in [0.5, 0.6) is 0 Å². The number of rotatable bonds is 3. The van der Waals surface area contributed by atoms with Gasteiger partial charge in [-0.05, 0) is 37.0 Å². The van der Waals surface area contributed by atoms with Gasteiger partial charge in [0.1, 0.15) is 5.82 Å². The Morgan fingerprint density at radius 1 is 1.33 bits per heavy atom. The predicted octanol–water partition coefficient (Wildman–Crippen LogP) is 2.85. The molecule has 0 radical (unpaired) electrons. The van der Waals surface area contributed by atoms with Crippen molar-refractivity contribution in [1.29, 1.82) is 0 Å². The van der Waals surface area contributed by atoms with Gasteiger partial charge in [0.05, 0.1) is 18.7 Å². The summed E-state index contributed by atoms with van der Waals surface area (Å²) in [6.07, 6.45) is 7.07. The summed E-state index contributed by atoms with van der Waals surface area (Å²) < 4.78 is 12.9. The number of likely N-dealkylation sites (tertiary alicyclic amines) is 1. The van der Waals surface area contributed by atoms with Crippen LogP contribution in [0, 0.1) is 5.82 Å². The minimum Gasteiger partial charge on any atom is -0.335 e. The standard InChI is InChI=1S/C16H18FN3O/c17-14-6-4-12(5-7-14)9-16(21)20-8-2-1-3-15(20)13-10-18-19-11-13/h4-7,10-11,15H,1-3,8-9H2,(H,18,19). The first-order valence-corrected chi connectivity index (χ1v) is 7.26. The molecule has 21 heavy (non-hydrogen) atoms. The van der Waals surface area contributed by atoms with Gasteiger partial charge in [-0.3, -0.25) is 9.89 Å². The van der Waals surface area contributed by atoms with Crippen molar-refractivity contribution in [3.63, 3.8) is 0 Å². The molecule has 1 unspecified atom stereocenters. The van der Waals surface area contributed by atoms with Gasteiger partial charge in [-0.1, -0.05) is 12.1 Å². The van der Waals surface area contributed by atoms with Gasteiger partial charge in [0.25, 0.3) is 0 Å². The zero-order valence-electron chi connectivity index (χ0n) is 11.8. The van der Waals surface area contributed by atoms with Crippen LogP contribution in [0.3, 0.4) is 0 Å². The fourth-order valence-electron chi connectivity index (χ4n) is 2.90. The SMILES string of the molecule is O=C(Cc1ccc(F)cc1)N1CCCCC1c1cn[nH]c1. The van der Waals surface area contributed by atoms with Crippen molar-refractivity contribution in [2.24, 2.45) is 0 Å². The highest BCUT2D eigenvalue weighted by Crippen LogP contribution is 2.30. The molecule has 4 nitrogen and oxygen atoms in total. The molecule has 1 aliphatic rings. The Labute approximate surface area is 123 Å². The maximum Gasteiger partial charge on any atom is 0.227 e. The van der Waals surface area contributed by atoms with E-state index in [2.05, 4.69) is 10.2 Å². The maximum absolute atomic E-state index is 12.9. The summed E-state index contributed by atoms with van der Waals surface area (Å²) in [5.41, 5.74) is 1.90. The average molecular weight is 287 g/mol. The third-order valence-electron chi connectivity index (χ3n) is 4.00. The van der Waals surface area contributed by atoms with Crippen molar-refractivity contribution < 1.29 is 9.18 Å². The second kappa shape index (κ2) is 6.08. The van der Waals surface area contributed by atoms with Crippen LogP contribution < -0.4 is 0 Å². The van der Waals surface area contributed by atoms with E-state index in [0.717, 1.165) is 36.9 Å². The zero-order valence-corrected chi connectivity index (χ0v) is 11.8. The second-order valence-corrected chi connectivity index (χ2v) is 5.43. The largest absolute Gasteiger partial charge is 0.335 e. The summed E-state index contributed by atoms with van der Waals surface area (Å²) in [4.78, 5) is 14.5. The number of carbonyl (C=O) groups is 1. The van der Waals surface area contributed by atoms with Gasteiger partial charge in [-0.15, -0.1) is 0 Å². The molecule has 2 heterocycles. The molecule has 1 aromatic heterocycles. The number of aromatic nitrogens is 2. The van der Waals surface area contributed by atoms with Gasteiger partial charge in [0.15, 0.2) is 0 Å². The maximum atomic E-state index is 12.9. The van der Waals surface area contributed by atoms with Crippen LogP contribution in [0.15, 0.2) is 36.7 Å². The molecular formula is C16H18FN3O. The van der Waals surface area contributed by atoms with E-state index in [9.17, 15) is 9.18 Å². The van der Waals surface area contributed by atoms with Gasteiger partial charge in [-0.25, -0.2) is 4.39 Å². The summed E-state index contributed by atoms with van der Waals surface area (Å²) in [7, 11) is 0. The van der Waals surface area contributed by atoms with E-state index in [-0.39, 0.29) is 17.8 Å². The van der Waals surface area contributed by atoms with Gasteiger partial charge < -0.3 is 4.90 Å². The third kappa shape index (κ3) is 3.12. The number of carbonyl (C=O) groups excluding carboxylic acids is 1. The van der Waals surface area contributed by atoms with Crippen LogP contribution >= 0.6 is 0 Å². The molecule has 2 aromatic rings. The molecular weight excluding hydrogens is 269 g/mol. The van der Waals surface area contributed by atoms with Gasteiger partial charge in [0.2, 0.25) is 5.91 Å². The number of H-pyrrole nitrogens is 1. The molecule has 1 N–H and O–H groups in total. The van der Waals surface area contributed by atoms with Gasteiger partial charge >= 0.3 is 0 Å². The first-order chi connectivity index (χ1) is 10.2. The van der Waals surface area contributed by atoms with Crippen molar-refractivity contribution in [3.05, 3.63) is 53.6 Å². The highest BCUT2D eigenvalue weighted by atomic mass is 19.1. The van der Waals surface area contributed by atoms with Crippen molar-refractivity contribution in [1.82, 2.24) is 15.1 Å². The lowest BCUT2D eigenvalue weighted by molar-refractivity contribution is -0.134. The molecule has 0 bridgehead atoms. The van der Waals surface area contributed by atoms with Crippen LogP contribution in [0.2, 0.25) is 0 Å². The minimum atomic E-state index is -0.277. The number of nitrogens with zero attached hydrogens (tertiary/aromatic N) is 2. The Morgan fingerprint density at radius 2 is 2.14 bits per heavy atom. The van der Waals surface area contributed by atoms with Crippen molar-refractivity contribution in [2.45, 2.75) is 31.7 Å². The molecule has 1 aromatic carbocycles. The van der Waals surface area contributed by atoms with Crippen LogP contribution in [0.1, 0.15) is 36.4 Å². The quantitative estimate of drug-likeness (QED) is 0.943. The highest BCUT2D eigenvalue weighted by molar-refractivity contribution is 5.79. The molecule has 1 atom stereocenters. The summed E-state index contributed by atoms with van der Waals surface area (Å²) in [5.74, 6) is -0.187. The summed E-state index contributed by atoms with van der Waals surface area (Å²) in [6, 6.07) is 6.23. The molecule has 0 aliphatic carbocycles. The van der Waals surface area contributed by atoms with E-state index in [1.165, 1.54) is 12.1 Å². The van der Waals surface area contributed by atoms with E-state index in [0.29, 0.717) is 6.42 Å². The van der Waals surface area contributed by atoms with Crippen LogP contribution in [0.25, 0.3) is 0 Å². The van der Waals surface area contributed by atoms with Crippen LogP contribution in [-0.4, -0.2) is 27.5 Å². The van der Waals surface area contributed by atoms with Crippen LogP contribution in [0.4, 0.5) is 4.39 Å². The normalized spacial score (nSPS) is 18.7. The number of nitrogens with one attached hydrogen (secondary N) is 1. The number of piperidine rings is 1. The number of hydrogen-bond acceptors (Lipinski definition) is 2. The fraction of sp³-hybridized carbons (Fsp3) is 0.375. The highest BCUT2D eigenvalue weighted by Gasteiger charge is 2.28. The van der Waals surface area contributed by atoms with E-state index < -0.39 is 0 Å². The molecule has 110 valence electrons. The Morgan fingerprint density at radius 3 is 2.86 bits per heavy atom. The Kier molecular flexibility index (Phi) is 3.99. The minimum absolute atomic E-state index is 0.0903. The van der Waals surface area contributed by atoms with Crippen molar-refractivity contribution >= 4 is 5.91 Å². The second-order valence-electron chi connectivity index (χ2n) is 5.43. The Balaban J connectivity index is 1.73. The van der Waals surface area contributed by atoms with Crippen LogP contribution in [-0.2, 0) is 11.2 Å². The van der Waals surface area contributed by atoms with Crippen molar-refractivity contribution in [3.8, 4) is 0 Å². The number of halogens is 1. The summed E-state index contributed by atoms with van der Waals surface area (Å²) >= 11 is 0. The van der Waals surface area contributed by atoms with E-state index in [1.807, 2.05) is 11.1 Å². The lowest BCUT2D eigenvalue weighted by Crippen LogP contribution is -2.39. The molecule has 0 saturated carbocycles. The number of amides is 1. The zero-order chi connectivity index (χ0) is 14.7. The number of aromatic amines is 1. The van der Waals surface area contributed by atoms with E-state index in [1.54, 1.807) is 18.3 Å². The Bertz CT molecular complexity index is 594. The molecule has 1 fully saturated rings. The molecule has 1 saturated heterocycles. The predicted molar refractivity (Wildman–Crippen MR) is 77.0 cm³/mol. The Hall–Kier alpha value is -2.17. The fourth-order valence-corrected chi connectivity index (χ4v) is 2.90. The average Bonchev–Trinajstić information content (AvgIpc) is 3.04. The molecule has 5 heteroatoms. The van der Waals surface area contributed by atoms with Crippen molar-refractivity contribution in [2.75, 3.05) is 6.54 Å². The number of benzene rings is 1. The smallest absolute Gasteiger partial charge is 0.227 e. The molecule has 3 rings (SSSR count). The topological polar surface area (TPSA) is 49.0 Å². The first-order valence-electron chi connectivity index (χ1n) is 7.26. The third-order valence-corrected chi connectivity index (χ3v) is 4.00. The lowest BCUT2D eigenvalue weighted by atomic mass is 9.96. The molecule has 1 amide bonds. The summed E-state index contributed by atoms with van der Waals surface area (Å²) in [6.45, 7) is 0.774. The first kappa shape index (κ1) is 13.8. The lowest BCUT2D eigenvalue weighted by Gasteiger charge is -2.35. The summed E-state index contributed by atoms with van der Waals surface area (Å²) in [5, 5.41) is 6.79. The van der Waals surface area contributed by atoms with Gasteiger partial charge in [-0.2, -0.15) is 5.10 Å². The molecule has 0 spiro atoms. The number of hydrogen-bond donors (Lipinski definition) is 1. The monoisotopic (exact) mass is 287 g/mol. The molecule has 1 aliphatic heterocycles.